The molecule has 0 aromatic carbocycles. The molecule has 0 radical (unpaired) electrons. The van der Waals surface area contributed by atoms with E-state index in [4.69, 9.17) is 0 Å². The second-order valence-electron chi connectivity index (χ2n) is 2.50. The number of thiol groups is 1. The fourth-order valence-corrected chi connectivity index (χ4v) is 1.09. The van der Waals surface area contributed by atoms with Gasteiger partial charge in [-0.25, -0.2) is 0 Å². The maximum absolute atomic E-state index is 10.2. The summed E-state index contributed by atoms with van der Waals surface area (Å²) in [5.74, 6) is 0.474. The van der Waals surface area contributed by atoms with E-state index in [-0.39, 0.29) is 5.95 Å². The Morgan fingerprint density at radius 1 is 1.62 bits per heavy atom. The van der Waals surface area contributed by atoms with Crippen LogP contribution in [-0.2, 0) is 6.54 Å². The third-order valence-corrected chi connectivity index (χ3v) is 1.80. The quantitative estimate of drug-likeness (QED) is 0.333. The van der Waals surface area contributed by atoms with E-state index < -0.39 is 4.92 Å². The molecule has 0 aliphatic carbocycles. The summed E-state index contributed by atoms with van der Waals surface area (Å²) in [5, 5.41) is 13.9. The van der Waals surface area contributed by atoms with Gasteiger partial charge in [-0.05, 0) is 23.5 Å². The molecule has 0 saturated carbocycles. The molecule has 0 atom stereocenters. The van der Waals surface area contributed by atoms with Gasteiger partial charge >= 0.3 is 5.95 Å². The Labute approximate surface area is 80.5 Å². The van der Waals surface area contributed by atoms with Crippen molar-refractivity contribution in [3.63, 3.8) is 0 Å². The minimum Gasteiger partial charge on any atom is -0.390 e. The van der Waals surface area contributed by atoms with E-state index >= 15 is 0 Å². The van der Waals surface area contributed by atoms with Gasteiger partial charge in [0.25, 0.3) is 0 Å². The summed E-state index contributed by atoms with van der Waals surface area (Å²) < 4.78 is 1.47. The second kappa shape index (κ2) is 4.80. The monoisotopic (exact) mass is 202 g/mol. The number of rotatable bonds is 5. The zero-order valence-corrected chi connectivity index (χ0v) is 7.85. The van der Waals surface area contributed by atoms with Crippen LogP contribution < -0.4 is 0 Å². The standard InChI is InChI=1S/C6H10N4O2S/c11-10(12)6-7-5-9(8-6)3-1-2-4-13/h5,13H,1-4H2. The van der Waals surface area contributed by atoms with E-state index in [9.17, 15) is 10.1 Å². The second-order valence-corrected chi connectivity index (χ2v) is 2.94. The summed E-state index contributed by atoms with van der Waals surface area (Å²) >= 11 is 4.05. The van der Waals surface area contributed by atoms with Gasteiger partial charge in [-0.3, -0.25) is 0 Å². The lowest BCUT2D eigenvalue weighted by molar-refractivity contribution is -0.394. The van der Waals surface area contributed by atoms with Crippen LogP contribution in [0.15, 0.2) is 6.33 Å². The Bertz CT molecular complexity index is 288. The van der Waals surface area contributed by atoms with Crippen LogP contribution in [0.1, 0.15) is 12.8 Å². The molecule has 0 aliphatic rings. The fourth-order valence-electron chi connectivity index (χ4n) is 0.862. The van der Waals surface area contributed by atoms with E-state index in [1.54, 1.807) is 0 Å². The lowest BCUT2D eigenvalue weighted by Crippen LogP contribution is -2.00. The van der Waals surface area contributed by atoms with Gasteiger partial charge in [0, 0.05) is 5.10 Å². The molecule has 0 unspecified atom stereocenters. The van der Waals surface area contributed by atoms with E-state index in [0.29, 0.717) is 6.54 Å². The highest BCUT2D eigenvalue weighted by Gasteiger charge is 2.11. The average molecular weight is 202 g/mol. The summed E-state index contributed by atoms with van der Waals surface area (Å²) in [4.78, 5) is 13.1. The Morgan fingerprint density at radius 3 is 2.92 bits per heavy atom. The maximum Gasteiger partial charge on any atom is 0.490 e. The fraction of sp³-hybridized carbons (Fsp3) is 0.667. The number of aromatic nitrogens is 3. The summed E-state index contributed by atoms with van der Waals surface area (Å²) in [6.45, 7) is 0.654. The number of nitro groups is 1. The van der Waals surface area contributed by atoms with Gasteiger partial charge in [0.2, 0.25) is 6.33 Å². The molecule has 0 fully saturated rings. The minimum absolute atomic E-state index is 0.342. The molecule has 0 amide bonds. The summed E-state index contributed by atoms with van der Waals surface area (Å²) in [7, 11) is 0. The Hall–Kier alpha value is -1.11. The normalized spacial score (nSPS) is 10.2. The van der Waals surface area contributed by atoms with Crippen LogP contribution in [0.5, 0.6) is 0 Å². The SMILES string of the molecule is O=[N+]([O-])c1ncn(CCCCS)n1. The van der Waals surface area contributed by atoms with Crippen LogP contribution in [0.25, 0.3) is 0 Å². The smallest absolute Gasteiger partial charge is 0.390 e. The Kier molecular flexibility index (Phi) is 3.69. The highest BCUT2D eigenvalue weighted by atomic mass is 32.1. The van der Waals surface area contributed by atoms with Crippen molar-refractivity contribution in [1.29, 1.82) is 0 Å². The highest BCUT2D eigenvalue weighted by Crippen LogP contribution is 2.01. The number of hydrogen-bond acceptors (Lipinski definition) is 5. The molecule has 1 rings (SSSR count). The predicted molar refractivity (Wildman–Crippen MR) is 49.8 cm³/mol. The van der Waals surface area contributed by atoms with Crippen molar-refractivity contribution >= 4 is 18.6 Å². The van der Waals surface area contributed by atoms with Gasteiger partial charge in [-0.2, -0.15) is 17.3 Å². The zero-order chi connectivity index (χ0) is 9.68. The Morgan fingerprint density at radius 2 is 2.38 bits per heavy atom. The van der Waals surface area contributed by atoms with Gasteiger partial charge < -0.3 is 10.1 Å². The first kappa shape index (κ1) is 9.97. The van der Waals surface area contributed by atoms with Gasteiger partial charge in [0.1, 0.15) is 0 Å². The number of nitrogens with zero attached hydrogens (tertiary/aromatic N) is 4. The molecule has 0 bridgehead atoms. The molecule has 1 aromatic heterocycles. The minimum atomic E-state index is -0.602. The summed E-state index contributed by atoms with van der Waals surface area (Å²) in [5.41, 5.74) is 0. The number of unbranched alkanes of at least 4 members (excludes halogenated alkanes) is 1. The first-order valence-electron chi connectivity index (χ1n) is 3.88. The molecule has 0 spiro atoms. The molecule has 0 aliphatic heterocycles. The topological polar surface area (TPSA) is 73.8 Å². The molecule has 1 aromatic rings. The maximum atomic E-state index is 10.2. The van der Waals surface area contributed by atoms with Crippen molar-refractivity contribution in [2.75, 3.05) is 5.75 Å². The van der Waals surface area contributed by atoms with E-state index in [1.807, 2.05) is 0 Å². The van der Waals surface area contributed by atoms with Gasteiger partial charge in [0.15, 0.2) is 0 Å². The Balaban J connectivity index is 2.44. The van der Waals surface area contributed by atoms with Crippen LogP contribution in [0, 0.1) is 10.1 Å². The largest absolute Gasteiger partial charge is 0.490 e. The third kappa shape index (κ3) is 3.02. The number of hydrogen-bond donors (Lipinski definition) is 1. The molecule has 1 heterocycles. The highest BCUT2D eigenvalue weighted by molar-refractivity contribution is 7.80. The van der Waals surface area contributed by atoms with Crippen molar-refractivity contribution in [1.82, 2.24) is 14.8 Å². The van der Waals surface area contributed by atoms with E-state index in [2.05, 4.69) is 22.7 Å². The van der Waals surface area contributed by atoms with Gasteiger partial charge in [-0.1, -0.05) is 4.98 Å². The van der Waals surface area contributed by atoms with Crippen LogP contribution in [0.2, 0.25) is 0 Å². The first-order valence-corrected chi connectivity index (χ1v) is 4.52. The van der Waals surface area contributed by atoms with Crippen molar-refractivity contribution < 1.29 is 4.92 Å². The summed E-state index contributed by atoms with van der Waals surface area (Å²) in [6.07, 6.45) is 3.25. The van der Waals surface area contributed by atoms with E-state index in [0.717, 1.165) is 18.6 Å². The molecular weight excluding hydrogens is 192 g/mol. The molecule has 7 heteroatoms. The molecule has 13 heavy (non-hydrogen) atoms. The summed E-state index contributed by atoms with van der Waals surface area (Å²) in [6, 6.07) is 0. The van der Waals surface area contributed by atoms with Gasteiger partial charge in [0.05, 0.1) is 6.54 Å². The van der Waals surface area contributed by atoms with Crippen LogP contribution in [0.4, 0.5) is 5.95 Å². The molecule has 72 valence electrons. The van der Waals surface area contributed by atoms with Crippen LogP contribution in [0.3, 0.4) is 0 Å². The zero-order valence-electron chi connectivity index (χ0n) is 6.96. The average Bonchev–Trinajstić information content (AvgIpc) is 2.53. The lowest BCUT2D eigenvalue weighted by Gasteiger charge is -1.93. The van der Waals surface area contributed by atoms with Crippen molar-refractivity contribution in [3.05, 3.63) is 16.4 Å². The molecule has 6 nitrogen and oxygen atoms in total. The van der Waals surface area contributed by atoms with Crippen LogP contribution >= 0.6 is 12.6 Å². The number of aryl methyl sites for hydroxylation is 1. The van der Waals surface area contributed by atoms with Crippen molar-refractivity contribution in [2.45, 2.75) is 19.4 Å². The van der Waals surface area contributed by atoms with Gasteiger partial charge in [-0.15, -0.1) is 0 Å². The molecule has 0 saturated heterocycles. The van der Waals surface area contributed by atoms with E-state index in [1.165, 1.54) is 11.0 Å². The molecule has 0 N–H and O–H groups in total. The predicted octanol–water partition coefficient (Wildman–Crippen LogP) is 0.896. The third-order valence-electron chi connectivity index (χ3n) is 1.48. The van der Waals surface area contributed by atoms with Crippen molar-refractivity contribution in [3.8, 4) is 0 Å². The van der Waals surface area contributed by atoms with Crippen molar-refractivity contribution in [2.24, 2.45) is 0 Å². The molecular formula is C6H10N4O2S. The first-order chi connectivity index (χ1) is 6.24. The van der Waals surface area contributed by atoms with Crippen LogP contribution in [-0.4, -0.2) is 25.4 Å². The lowest BCUT2D eigenvalue weighted by atomic mass is 10.3.